The highest BCUT2D eigenvalue weighted by Gasteiger charge is 2.17. The van der Waals surface area contributed by atoms with Crippen molar-refractivity contribution >= 4 is 62.6 Å². The Bertz CT molecular complexity index is 1700. The van der Waals surface area contributed by atoms with Gasteiger partial charge in [0.25, 0.3) is 0 Å². The van der Waals surface area contributed by atoms with Gasteiger partial charge in [0.1, 0.15) is 11.5 Å². The van der Waals surface area contributed by atoms with Gasteiger partial charge in [-0.25, -0.2) is 4.98 Å². The number of fused-ring (bicyclic) bond motifs is 2. The van der Waals surface area contributed by atoms with Crippen molar-refractivity contribution < 1.29 is 14.6 Å². The number of ether oxygens (including phenoxy) is 2. The van der Waals surface area contributed by atoms with Crippen molar-refractivity contribution in [3.8, 4) is 11.5 Å². The maximum atomic E-state index is 10.1. The molecule has 0 spiro atoms. The van der Waals surface area contributed by atoms with E-state index in [-0.39, 0.29) is 5.75 Å². The van der Waals surface area contributed by atoms with Crippen LogP contribution in [0.5, 0.6) is 11.5 Å². The second-order valence-electron chi connectivity index (χ2n) is 9.79. The smallest absolute Gasteiger partial charge is 0.233 e. The lowest BCUT2D eigenvalue weighted by atomic mass is 10.1. The average molecular weight is 587 g/mol. The van der Waals surface area contributed by atoms with Gasteiger partial charge in [-0.15, -0.1) is 0 Å². The molecule has 3 aromatic carbocycles. The van der Waals surface area contributed by atoms with Crippen molar-refractivity contribution in [2.75, 3.05) is 67.4 Å². The molecule has 0 saturated carbocycles. The number of nitrogens with zero attached hydrogens (tertiary/aromatic N) is 5. The number of nitrogens with one attached hydrogen (secondary N) is 3. The maximum Gasteiger partial charge on any atom is 0.233 e. The van der Waals surface area contributed by atoms with E-state index in [0.29, 0.717) is 62.3 Å². The van der Waals surface area contributed by atoms with Crippen LogP contribution in [0.2, 0.25) is 5.02 Å². The van der Waals surface area contributed by atoms with Gasteiger partial charge in [0.05, 0.1) is 37.0 Å². The number of methoxy groups -OCH3 is 1. The van der Waals surface area contributed by atoms with Gasteiger partial charge in [-0.3, -0.25) is 0 Å². The summed E-state index contributed by atoms with van der Waals surface area (Å²) in [6.07, 6.45) is 0.775. The summed E-state index contributed by atoms with van der Waals surface area (Å²) in [5, 5.41) is 22.7. The lowest BCUT2D eigenvalue weighted by Gasteiger charge is -2.27. The number of halogens is 1. The van der Waals surface area contributed by atoms with Crippen LogP contribution < -0.4 is 25.6 Å². The summed E-state index contributed by atoms with van der Waals surface area (Å²) in [5.74, 6) is 2.49. The van der Waals surface area contributed by atoms with Crippen molar-refractivity contribution in [3.05, 3.63) is 65.7 Å². The van der Waals surface area contributed by atoms with Crippen LogP contribution in [-0.2, 0) is 4.74 Å². The van der Waals surface area contributed by atoms with Crippen molar-refractivity contribution in [3.63, 3.8) is 0 Å². The Morgan fingerprint density at radius 1 is 0.857 bits per heavy atom. The predicted octanol–water partition coefficient (Wildman–Crippen LogP) is 5.43. The first kappa shape index (κ1) is 27.6. The number of aromatic hydroxyl groups is 1. The van der Waals surface area contributed by atoms with Gasteiger partial charge in [-0.05, 0) is 67.1 Å². The van der Waals surface area contributed by atoms with Crippen LogP contribution in [-0.4, -0.2) is 71.5 Å². The van der Waals surface area contributed by atoms with Crippen LogP contribution in [0.4, 0.5) is 29.2 Å². The number of phenolic OH excluding ortho intramolecular Hbond substituents is 1. The Balaban J connectivity index is 1.16. The molecule has 0 atom stereocenters. The largest absolute Gasteiger partial charge is 0.508 e. The molecule has 1 aliphatic heterocycles. The van der Waals surface area contributed by atoms with Gasteiger partial charge >= 0.3 is 0 Å². The number of hydrogen-bond acceptors (Lipinski definition) is 11. The average Bonchev–Trinajstić information content (AvgIpc) is 3.01. The van der Waals surface area contributed by atoms with E-state index >= 15 is 0 Å². The summed E-state index contributed by atoms with van der Waals surface area (Å²) in [6.45, 7) is 3.97. The van der Waals surface area contributed by atoms with Crippen LogP contribution in [0.15, 0.2) is 60.7 Å². The normalized spacial score (nSPS) is 13.3. The molecule has 6 rings (SSSR count). The zero-order valence-electron chi connectivity index (χ0n) is 23.1. The number of rotatable bonds is 10. The molecular formula is C30H31ClN8O3. The molecule has 12 heteroatoms. The summed E-state index contributed by atoms with van der Waals surface area (Å²) < 4.78 is 10.8. The van der Waals surface area contributed by atoms with E-state index in [4.69, 9.17) is 26.1 Å². The summed E-state index contributed by atoms with van der Waals surface area (Å²) >= 11 is 6.24. The fourth-order valence-electron chi connectivity index (χ4n) is 4.81. The molecule has 5 aromatic rings. The number of pyridine rings is 1. The van der Waals surface area contributed by atoms with Crippen molar-refractivity contribution in [1.29, 1.82) is 0 Å². The van der Waals surface area contributed by atoms with Gasteiger partial charge in [-0.1, -0.05) is 11.6 Å². The van der Waals surface area contributed by atoms with Crippen LogP contribution in [0, 0.1) is 0 Å². The molecule has 2 aromatic heterocycles. The van der Waals surface area contributed by atoms with Crippen LogP contribution >= 0.6 is 11.6 Å². The third-order valence-electron chi connectivity index (χ3n) is 6.92. The Kier molecular flexibility index (Phi) is 8.20. The Morgan fingerprint density at radius 2 is 1.64 bits per heavy atom. The number of morpholine rings is 1. The molecular weight excluding hydrogens is 556 g/mol. The molecule has 0 radical (unpaired) electrons. The molecule has 11 nitrogen and oxygen atoms in total. The standard InChI is InChI=1S/C30H31ClN8O3/c1-41-22-7-4-20(5-8-22)34-29-36-28(37-30(38-29)39-13-15-42-16-14-39)33-12-2-11-32-27-23-9-3-19(31)17-26(23)35-25-10-6-21(40)18-24(25)27/h3-10,17-18,40H,2,11-16H2,1H3,(H,32,35)(H2,33,34,36,37,38). The number of aromatic nitrogens is 4. The minimum absolute atomic E-state index is 0.187. The first-order valence-corrected chi connectivity index (χ1v) is 14.1. The van der Waals surface area contributed by atoms with Crippen LogP contribution in [0.25, 0.3) is 21.8 Å². The fourth-order valence-corrected chi connectivity index (χ4v) is 4.97. The number of anilines is 5. The van der Waals surface area contributed by atoms with Crippen molar-refractivity contribution in [2.45, 2.75) is 6.42 Å². The van der Waals surface area contributed by atoms with Crippen LogP contribution in [0.3, 0.4) is 0 Å². The highest BCUT2D eigenvalue weighted by atomic mass is 35.5. The summed E-state index contributed by atoms with van der Waals surface area (Å²) in [5.41, 5.74) is 3.32. The molecule has 4 N–H and O–H groups in total. The maximum absolute atomic E-state index is 10.1. The van der Waals surface area contributed by atoms with Gasteiger partial charge in [0, 0.05) is 47.7 Å². The fraction of sp³-hybridized carbons (Fsp3) is 0.267. The molecule has 0 bridgehead atoms. The molecule has 1 fully saturated rings. The molecule has 42 heavy (non-hydrogen) atoms. The highest BCUT2D eigenvalue weighted by molar-refractivity contribution is 6.31. The van der Waals surface area contributed by atoms with E-state index in [2.05, 4.69) is 35.8 Å². The van der Waals surface area contributed by atoms with E-state index in [1.165, 1.54) is 0 Å². The first-order valence-electron chi connectivity index (χ1n) is 13.8. The predicted molar refractivity (Wildman–Crippen MR) is 167 cm³/mol. The minimum atomic E-state index is 0.187. The minimum Gasteiger partial charge on any atom is -0.508 e. The van der Waals surface area contributed by atoms with Crippen LogP contribution in [0.1, 0.15) is 6.42 Å². The van der Waals surface area contributed by atoms with E-state index in [1.54, 1.807) is 19.2 Å². The topological polar surface area (TPSA) is 130 Å². The monoisotopic (exact) mass is 586 g/mol. The lowest BCUT2D eigenvalue weighted by Crippen LogP contribution is -2.37. The quantitative estimate of drug-likeness (QED) is 0.123. The molecule has 1 aliphatic rings. The summed E-state index contributed by atoms with van der Waals surface area (Å²) in [4.78, 5) is 20.8. The molecule has 0 aliphatic carbocycles. The molecule has 3 heterocycles. The number of phenols is 1. The van der Waals surface area contributed by atoms with Crippen molar-refractivity contribution in [1.82, 2.24) is 19.9 Å². The Hall–Kier alpha value is -4.61. The summed E-state index contributed by atoms with van der Waals surface area (Å²) in [7, 11) is 1.64. The second-order valence-corrected chi connectivity index (χ2v) is 10.2. The van der Waals surface area contributed by atoms with Gasteiger partial charge in [-0.2, -0.15) is 15.0 Å². The van der Waals surface area contributed by atoms with E-state index < -0.39 is 0 Å². The van der Waals surface area contributed by atoms with Gasteiger partial charge in [0.2, 0.25) is 17.8 Å². The Morgan fingerprint density at radius 3 is 2.45 bits per heavy atom. The summed E-state index contributed by atoms with van der Waals surface area (Å²) in [6, 6.07) is 18.4. The molecule has 0 unspecified atom stereocenters. The molecule has 0 amide bonds. The Labute approximate surface area is 247 Å². The van der Waals surface area contributed by atoms with E-state index in [1.807, 2.05) is 48.5 Å². The van der Waals surface area contributed by atoms with Gasteiger partial charge < -0.3 is 35.4 Å². The third kappa shape index (κ3) is 6.32. The third-order valence-corrected chi connectivity index (χ3v) is 7.16. The SMILES string of the molecule is COc1ccc(Nc2nc(NCCCNc3c4ccc(Cl)cc4nc4ccc(O)cc34)nc(N3CCOCC3)n2)cc1. The molecule has 216 valence electrons. The van der Waals surface area contributed by atoms with E-state index in [9.17, 15) is 5.11 Å². The van der Waals surface area contributed by atoms with Crippen molar-refractivity contribution in [2.24, 2.45) is 0 Å². The molecule has 1 saturated heterocycles. The first-order chi connectivity index (χ1) is 20.6. The number of hydrogen-bond donors (Lipinski definition) is 4. The van der Waals surface area contributed by atoms with Gasteiger partial charge in [0.15, 0.2) is 0 Å². The zero-order valence-corrected chi connectivity index (χ0v) is 23.9. The lowest BCUT2D eigenvalue weighted by molar-refractivity contribution is 0.122. The second kappa shape index (κ2) is 12.5. The highest BCUT2D eigenvalue weighted by Crippen LogP contribution is 2.34. The van der Waals surface area contributed by atoms with E-state index in [0.717, 1.165) is 45.4 Å². The zero-order chi connectivity index (χ0) is 28.9. The number of benzene rings is 3.